The van der Waals surface area contributed by atoms with Crippen LogP contribution < -0.4 is 10.6 Å². The van der Waals surface area contributed by atoms with Gasteiger partial charge in [0, 0.05) is 61.1 Å². The van der Waals surface area contributed by atoms with Gasteiger partial charge in [0.1, 0.15) is 16.7 Å². The topological polar surface area (TPSA) is 119 Å². The molecule has 1 fully saturated rings. The minimum atomic E-state index is -0.849. The van der Waals surface area contributed by atoms with Gasteiger partial charge in [0.25, 0.3) is 0 Å². The van der Waals surface area contributed by atoms with Crippen molar-refractivity contribution in [2.24, 2.45) is 5.92 Å². The highest BCUT2D eigenvalue weighted by Crippen LogP contribution is 2.41. The van der Waals surface area contributed by atoms with E-state index in [1.165, 1.54) is 16.7 Å². The van der Waals surface area contributed by atoms with Crippen molar-refractivity contribution < 1.29 is 10.2 Å². The van der Waals surface area contributed by atoms with Crippen molar-refractivity contribution in [1.82, 2.24) is 24.8 Å². The Hall–Kier alpha value is -4.70. The van der Waals surface area contributed by atoms with Gasteiger partial charge in [0.15, 0.2) is 11.6 Å². The monoisotopic (exact) mass is 599 g/mol. The molecule has 0 radical (unpaired) electrons. The molecule has 2 aliphatic rings. The van der Waals surface area contributed by atoms with E-state index in [4.69, 9.17) is 15.0 Å². The lowest BCUT2D eigenvalue weighted by Crippen LogP contribution is -2.51. The molecule has 5 heterocycles. The van der Waals surface area contributed by atoms with Crippen molar-refractivity contribution in [1.29, 1.82) is 0 Å². The number of likely N-dealkylation sites (tertiary alicyclic amines) is 1. The maximum Gasteiger partial charge on any atom is 0.154 e. The first kappa shape index (κ1) is 29.0. The maximum atomic E-state index is 9.97. The van der Waals surface area contributed by atoms with Gasteiger partial charge in [-0.2, -0.15) is 0 Å². The number of rotatable bonds is 8. The predicted molar refractivity (Wildman–Crippen MR) is 178 cm³/mol. The number of aliphatic hydroxyl groups is 2. The molecule has 1 aliphatic heterocycles. The second-order valence-electron chi connectivity index (χ2n) is 12.1. The van der Waals surface area contributed by atoms with Crippen LogP contribution in [-0.4, -0.2) is 59.9 Å². The molecule has 5 aromatic rings. The number of aliphatic hydroxyl groups excluding tert-OH is 2. The first-order chi connectivity index (χ1) is 21.9. The zero-order valence-corrected chi connectivity index (χ0v) is 25.5. The van der Waals surface area contributed by atoms with E-state index in [9.17, 15) is 10.2 Å². The molecule has 0 spiro atoms. The summed E-state index contributed by atoms with van der Waals surface area (Å²) < 4.78 is 0. The molecule has 2 unspecified atom stereocenters. The van der Waals surface area contributed by atoms with Gasteiger partial charge in [0.2, 0.25) is 0 Å². The van der Waals surface area contributed by atoms with E-state index in [1.54, 1.807) is 12.4 Å². The molecule has 7 rings (SSSR count). The number of nitrogens with zero attached hydrogens (tertiary/aromatic N) is 5. The van der Waals surface area contributed by atoms with Crippen LogP contribution in [0.5, 0.6) is 0 Å². The maximum absolute atomic E-state index is 9.97. The van der Waals surface area contributed by atoms with Gasteiger partial charge in [-0.1, -0.05) is 43.3 Å². The summed E-state index contributed by atoms with van der Waals surface area (Å²) >= 11 is 0. The van der Waals surface area contributed by atoms with Crippen LogP contribution in [0.1, 0.15) is 35.6 Å². The number of anilines is 2. The number of aryl methyl sites for hydroxylation is 1. The first-order valence-corrected chi connectivity index (χ1v) is 15.4. The Balaban J connectivity index is 1.30. The summed E-state index contributed by atoms with van der Waals surface area (Å²) in [5.41, 5.74) is 6.04. The minimum Gasteiger partial charge on any atom is -0.392 e. The van der Waals surface area contributed by atoms with Crippen LogP contribution in [0, 0.1) is 12.8 Å². The van der Waals surface area contributed by atoms with Gasteiger partial charge in [-0.3, -0.25) is 14.9 Å². The zero-order valence-electron chi connectivity index (χ0n) is 25.5. The Kier molecular flexibility index (Phi) is 7.75. The number of hydrogen-bond acceptors (Lipinski definition) is 9. The summed E-state index contributed by atoms with van der Waals surface area (Å²) in [7, 11) is 0. The van der Waals surface area contributed by atoms with Gasteiger partial charge >= 0.3 is 0 Å². The average molecular weight is 600 g/mol. The number of nitrogens with one attached hydrogen (secondary N) is 2. The molecule has 4 aromatic heterocycles. The lowest BCUT2D eigenvalue weighted by molar-refractivity contribution is 0.175. The van der Waals surface area contributed by atoms with Crippen LogP contribution in [0.4, 0.5) is 11.6 Å². The van der Waals surface area contributed by atoms with E-state index in [0.29, 0.717) is 23.7 Å². The second kappa shape index (κ2) is 12.0. The molecule has 3 atom stereocenters. The van der Waals surface area contributed by atoms with E-state index >= 15 is 0 Å². The van der Waals surface area contributed by atoms with Crippen LogP contribution in [-0.2, 0) is 13.2 Å². The fourth-order valence-corrected chi connectivity index (χ4v) is 6.56. The van der Waals surface area contributed by atoms with Gasteiger partial charge in [0.05, 0.1) is 12.7 Å². The fourth-order valence-electron chi connectivity index (χ4n) is 6.56. The standard InChI is InChI=1S/C36H37N7O2/c1-23-6-3-4-7-30(23)31-8-5-12-36(24(31)2,42-35-33-28(10-14-38-35)17-26(22-44)19-40-33)41-34-32-27(9-13-37-34)16-25(18-39-32)20-43-15-11-29(45)21-43/h3-10,12-14,16-19,24,29,44-45H,11,15,20-22H2,1-2H3,(H,37,41)(H,38,42)/t24?,29-,36?/m1/s1. The molecule has 9 heteroatoms. The molecular weight excluding hydrogens is 562 g/mol. The molecular formula is C36H37N7O2. The third-order valence-corrected chi connectivity index (χ3v) is 9.04. The predicted octanol–water partition coefficient (Wildman–Crippen LogP) is 5.45. The molecule has 1 aliphatic carbocycles. The van der Waals surface area contributed by atoms with Crippen molar-refractivity contribution in [2.45, 2.75) is 45.2 Å². The highest BCUT2D eigenvalue weighted by molar-refractivity contribution is 5.91. The number of β-amino-alcohol motifs (C(OH)–C–C–N with tert-alkyl or cyclic N) is 1. The van der Waals surface area contributed by atoms with Crippen molar-refractivity contribution in [2.75, 3.05) is 23.7 Å². The SMILES string of the molecule is Cc1ccccc1C1=CC=CC(Nc2nccc3cc(CO)cnc23)(Nc2nccc3cc(CN4CC[C@@H](O)C4)cnc23)C1C. The minimum absolute atomic E-state index is 0.0738. The third kappa shape index (κ3) is 5.66. The number of allylic oxidation sites excluding steroid dienone is 2. The van der Waals surface area contributed by atoms with Crippen LogP contribution in [0.2, 0.25) is 0 Å². The Morgan fingerprint density at radius 1 is 0.911 bits per heavy atom. The molecule has 0 amide bonds. The number of pyridine rings is 4. The van der Waals surface area contributed by atoms with E-state index < -0.39 is 5.66 Å². The van der Waals surface area contributed by atoms with Crippen LogP contribution in [0.15, 0.2) is 91.5 Å². The smallest absolute Gasteiger partial charge is 0.154 e. The fraction of sp³-hybridized carbons (Fsp3) is 0.278. The van der Waals surface area contributed by atoms with Gasteiger partial charge in [-0.25, -0.2) is 9.97 Å². The van der Waals surface area contributed by atoms with E-state index in [-0.39, 0.29) is 18.6 Å². The van der Waals surface area contributed by atoms with Crippen LogP contribution in [0.3, 0.4) is 0 Å². The molecule has 1 saturated heterocycles. The van der Waals surface area contributed by atoms with Crippen molar-refractivity contribution in [3.05, 3.63) is 114 Å². The van der Waals surface area contributed by atoms with E-state index in [0.717, 1.165) is 46.9 Å². The van der Waals surface area contributed by atoms with Gasteiger partial charge in [-0.05, 0) is 71.5 Å². The highest BCUT2D eigenvalue weighted by Gasteiger charge is 2.40. The zero-order chi connectivity index (χ0) is 31.0. The first-order valence-electron chi connectivity index (χ1n) is 15.4. The molecule has 9 nitrogen and oxygen atoms in total. The van der Waals surface area contributed by atoms with Crippen LogP contribution in [0.25, 0.3) is 27.4 Å². The Morgan fingerprint density at radius 3 is 2.22 bits per heavy atom. The number of aromatic nitrogens is 4. The number of fused-ring (bicyclic) bond motifs is 2. The van der Waals surface area contributed by atoms with Crippen molar-refractivity contribution >= 4 is 39.0 Å². The Labute approximate surface area is 262 Å². The summed E-state index contributed by atoms with van der Waals surface area (Å²) in [6.45, 7) is 6.58. The molecule has 0 bridgehead atoms. The molecule has 228 valence electrons. The highest BCUT2D eigenvalue weighted by atomic mass is 16.3. The Bertz CT molecular complexity index is 1940. The quantitative estimate of drug-likeness (QED) is 0.173. The lowest BCUT2D eigenvalue weighted by atomic mass is 9.78. The summed E-state index contributed by atoms with van der Waals surface area (Å²) in [5, 5.41) is 29.1. The summed E-state index contributed by atoms with van der Waals surface area (Å²) in [5.74, 6) is 1.20. The van der Waals surface area contributed by atoms with Gasteiger partial charge < -0.3 is 20.8 Å². The van der Waals surface area contributed by atoms with Crippen LogP contribution >= 0.6 is 0 Å². The van der Waals surface area contributed by atoms with Crippen molar-refractivity contribution in [3.8, 4) is 0 Å². The normalized spacial score (nSPS) is 21.7. The average Bonchev–Trinajstić information content (AvgIpc) is 3.46. The third-order valence-electron chi connectivity index (χ3n) is 9.04. The largest absolute Gasteiger partial charge is 0.392 e. The number of hydrogen-bond donors (Lipinski definition) is 4. The van der Waals surface area contributed by atoms with Crippen molar-refractivity contribution in [3.63, 3.8) is 0 Å². The molecule has 0 saturated carbocycles. The van der Waals surface area contributed by atoms with Gasteiger partial charge in [-0.15, -0.1) is 0 Å². The Morgan fingerprint density at radius 2 is 1.58 bits per heavy atom. The lowest BCUT2D eigenvalue weighted by Gasteiger charge is -2.42. The van der Waals surface area contributed by atoms with E-state index in [1.807, 2.05) is 30.6 Å². The second-order valence-corrected chi connectivity index (χ2v) is 12.1. The van der Waals surface area contributed by atoms with E-state index in [2.05, 4.69) is 82.9 Å². The summed E-state index contributed by atoms with van der Waals surface area (Å²) in [6.07, 6.45) is 14.1. The molecule has 1 aromatic carbocycles. The summed E-state index contributed by atoms with van der Waals surface area (Å²) in [4.78, 5) is 21.4. The molecule has 45 heavy (non-hydrogen) atoms. The molecule has 4 N–H and O–H groups in total. The summed E-state index contributed by atoms with van der Waals surface area (Å²) in [6, 6.07) is 16.4. The number of benzene rings is 1.